The first-order chi connectivity index (χ1) is 15.9. The number of hydrogen-bond acceptors (Lipinski definition) is 5. The molecule has 1 amide bonds. The van der Waals surface area contributed by atoms with Crippen molar-refractivity contribution in [2.45, 2.75) is 26.0 Å². The summed E-state index contributed by atoms with van der Waals surface area (Å²) < 4.78 is 11.2. The smallest absolute Gasteiger partial charge is 0.295 e. The molecule has 1 N–H and O–H groups in total. The van der Waals surface area contributed by atoms with Gasteiger partial charge in [-0.1, -0.05) is 60.7 Å². The number of aliphatic hydroxyl groups excluding tert-OH is 1. The molecule has 1 unspecified atom stereocenters. The van der Waals surface area contributed by atoms with E-state index in [4.69, 9.17) is 9.47 Å². The van der Waals surface area contributed by atoms with E-state index in [1.807, 2.05) is 68.4 Å². The van der Waals surface area contributed by atoms with E-state index < -0.39 is 17.7 Å². The van der Waals surface area contributed by atoms with Crippen molar-refractivity contribution in [3.8, 4) is 5.75 Å². The number of nitrogens with zero attached hydrogens (tertiary/aromatic N) is 1. The molecular weight excluding hydrogens is 418 g/mol. The lowest BCUT2D eigenvalue weighted by atomic mass is 9.93. The summed E-state index contributed by atoms with van der Waals surface area (Å²) in [6, 6.07) is 19.5. The van der Waals surface area contributed by atoms with Gasteiger partial charge in [-0.3, -0.25) is 9.59 Å². The summed E-state index contributed by atoms with van der Waals surface area (Å²) in [6.07, 6.45) is -0.0118. The van der Waals surface area contributed by atoms with E-state index >= 15 is 0 Å². The standard InChI is InChI=1S/C27H27NO5/c1-17(2)33-16-15-28-24(21-12-6-7-14-22(21)32-3)23(26(30)27(28)31)25(29)20-13-8-10-18-9-4-5-11-19(18)20/h4-14,17,24,29H,15-16H2,1-3H3/b25-23+. The van der Waals surface area contributed by atoms with E-state index in [9.17, 15) is 14.7 Å². The number of methoxy groups -OCH3 is 1. The molecule has 1 fully saturated rings. The zero-order valence-electron chi connectivity index (χ0n) is 18.9. The van der Waals surface area contributed by atoms with Crippen molar-refractivity contribution in [3.05, 3.63) is 83.4 Å². The zero-order chi connectivity index (χ0) is 23.5. The maximum atomic E-state index is 13.3. The predicted octanol–water partition coefficient (Wildman–Crippen LogP) is 4.70. The molecule has 3 aromatic carbocycles. The normalized spacial score (nSPS) is 17.8. The maximum absolute atomic E-state index is 13.3. The molecule has 0 radical (unpaired) electrons. The zero-order valence-corrected chi connectivity index (χ0v) is 18.9. The van der Waals surface area contributed by atoms with Gasteiger partial charge in [0, 0.05) is 17.7 Å². The number of carbonyl (C=O) groups is 2. The van der Waals surface area contributed by atoms with Crippen LogP contribution in [0.1, 0.15) is 31.0 Å². The number of Topliss-reactive ketones (excluding diaryl/α,β-unsaturated/α-hetero) is 1. The molecule has 33 heavy (non-hydrogen) atoms. The van der Waals surface area contributed by atoms with Gasteiger partial charge in [-0.05, 0) is 30.7 Å². The molecule has 0 aliphatic carbocycles. The summed E-state index contributed by atoms with van der Waals surface area (Å²) in [6.45, 7) is 4.29. The highest BCUT2D eigenvalue weighted by molar-refractivity contribution is 6.46. The molecule has 3 aromatic rings. The van der Waals surface area contributed by atoms with Crippen molar-refractivity contribution in [2.24, 2.45) is 0 Å². The highest BCUT2D eigenvalue weighted by Crippen LogP contribution is 2.43. The molecule has 1 saturated heterocycles. The fourth-order valence-corrected chi connectivity index (χ4v) is 4.29. The van der Waals surface area contributed by atoms with Crippen LogP contribution in [0.4, 0.5) is 0 Å². The van der Waals surface area contributed by atoms with Gasteiger partial charge in [-0.25, -0.2) is 0 Å². The predicted molar refractivity (Wildman–Crippen MR) is 127 cm³/mol. The largest absolute Gasteiger partial charge is 0.507 e. The lowest BCUT2D eigenvalue weighted by molar-refractivity contribution is -0.140. The van der Waals surface area contributed by atoms with Crippen molar-refractivity contribution < 1.29 is 24.2 Å². The van der Waals surface area contributed by atoms with Crippen LogP contribution >= 0.6 is 0 Å². The fourth-order valence-electron chi connectivity index (χ4n) is 4.29. The first-order valence-corrected chi connectivity index (χ1v) is 10.9. The number of ether oxygens (including phenoxy) is 2. The molecule has 0 bridgehead atoms. The van der Waals surface area contributed by atoms with Gasteiger partial charge in [0.05, 0.1) is 31.4 Å². The molecule has 6 heteroatoms. The van der Waals surface area contributed by atoms with Crippen molar-refractivity contribution >= 4 is 28.2 Å². The number of benzene rings is 3. The van der Waals surface area contributed by atoms with Crippen LogP contribution in [0, 0.1) is 0 Å². The van der Waals surface area contributed by atoms with Crippen molar-refractivity contribution in [1.82, 2.24) is 4.90 Å². The summed E-state index contributed by atoms with van der Waals surface area (Å²) >= 11 is 0. The number of amides is 1. The molecular formula is C27H27NO5. The molecule has 0 saturated carbocycles. The fraction of sp³-hybridized carbons (Fsp3) is 0.259. The summed E-state index contributed by atoms with van der Waals surface area (Å²) in [5.74, 6) is -1.06. The van der Waals surface area contributed by atoms with E-state index in [2.05, 4.69) is 0 Å². The first-order valence-electron chi connectivity index (χ1n) is 10.9. The Morgan fingerprint density at radius 3 is 2.45 bits per heavy atom. The van der Waals surface area contributed by atoms with Crippen molar-refractivity contribution in [3.63, 3.8) is 0 Å². The van der Waals surface area contributed by atoms with Gasteiger partial charge in [0.15, 0.2) is 0 Å². The third-order valence-electron chi connectivity index (χ3n) is 5.80. The number of carbonyl (C=O) groups excluding carboxylic acids is 2. The number of hydrogen-bond donors (Lipinski definition) is 1. The average Bonchev–Trinajstić information content (AvgIpc) is 3.08. The second kappa shape index (κ2) is 9.46. The van der Waals surface area contributed by atoms with Crippen LogP contribution in [0.25, 0.3) is 16.5 Å². The van der Waals surface area contributed by atoms with Crippen LogP contribution in [0.5, 0.6) is 5.75 Å². The van der Waals surface area contributed by atoms with Gasteiger partial charge < -0.3 is 19.5 Å². The minimum absolute atomic E-state index is 0.0118. The molecule has 170 valence electrons. The van der Waals surface area contributed by atoms with E-state index in [1.165, 1.54) is 12.0 Å². The van der Waals surface area contributed by atoms with Crippen molar-refractivity contribution in [2.75, 3.05) is 20.3 Å². The molecule has 1 heterocycles. The molecule has 1 atom stereocenters. The Labute approximate surface area is 193 Å². The number of ketones is 1. The van der Waals surface area contributed by atoms with Gasteiger partial charge in [0.25, 0.3) is 11.7 Å². The Kier molecular flexibility index (Phi) is 6.47. The van der Waals surface area contributed by atoms with E-state index in [1.54, 1.807) is 12.1 Å². The lowest BCUT2D eigenvalue weighted by Crippen LogP contribution is -2.33. The number of likely N-dealkylation sites (tertiary alicyclic amines) is 1. The van der Waals surface area contributed by atoms with Crippen LogP contribution in [-0.4, -0.2) is 48.1 Å². The van der Waals surface area contributed by atoms with Gasteiger partial charge in [-0.2, -0.15) is 0 Å². The summed E-state index contributed by atoms with van der Waals surface area (Å²) in [4.78, 5) is 27.8. The van der Waals surface area contributed by atoms with Crippen LogP contribution in [0.2, 0.25) is 0 Å². The second-order valence-electron chi connectivity index (χ2n) is 8.18. The molecule has 0 aromatic heterocycles. The van der Waals surface area contributed by atoms with E-state index in [0.717, 1.165) is 10.8 Å². The van der Waals surface area contributed by atoms with Gasteiger partial charge >= 0.3 is 0 Å². The Balaban J connectivity index is 1.90. The van der Waals surface area contributed by atoms with Gasteiger partial charge in [-0.15, -0.1) is 0 Å². The monoisotopic (exact) mass is 445 g/mol. The second-order valence-corrected chi connectivity index (χ2v) is 8.18. The van der Waals surface area contributed by atoms with Gasteiger partial charge in [0.1, 0.15) is 11.5 Å². The highest BCUT2D eigenvalue weighted by Gasteiger charge is 2.47. The molecule has 0 spiro atoms. The van der Waals surface area contributed by atoms with Crippen molar-refractivity contribution in [1.29, 1.82) is 0 Å². The molecule has 1 aliphatic rings. The Bertz CT molecular complexity index is 1220. The molecule has 4 rings (SSSR count). The number of para-hydroxylation sites is 1. The molecule has 6 nitrogen and oxygen atoms in total. The number of rotatable bonds is 7. The SMILES string of the molecule is COc1ccccc1C1/C(=C(\O)c2cccc3ccccc23)C(=O)C(=O)N1CCOC(C)C. The summed E-state index contributed by atoms with van der Waals surface area (Å²) in [5.41, 5.74) is 1.18. The third-order valence-corrected chi connectivity index (χ3v) is 5.80. The Hall–Kier alpha value is -3.64. The minimum atomic E-state index is -0.795. The highest BCUT2D eigenvalue weighted by atomic mass is 16.5. The topological polar surface area (TPSA) is 76.1 Å². The molecule has 1 aliphatic heterocycles. The summed E-state index contributed by atoms with van der Waals surface area (Å²) in [7, 11) is 1.54. The first kappa shape index (κ1) is 22.6. The van der Waals surface area contributed by atoms with Crippen LogP contribution in [0.15, 0.2) is 72.3 Å². The van der Waals surface area contributed by atoms with Crippen LogP contribution < -0.4 is 4.74 Å². The van der Waals surface area contributed by atoms with Crippen LogP contribution in [-0.2, 0) is 14.3 Å². The Morgan fingerprint density at radius 2 is 1.70 bits per heavy atom. The Morgan fingerprint density at radius 1 is 1.00 bits per heavy atom. The van der Waals surface area contributed by atoms with Gasteiger partial charge in [0.2, 0.25) is 0 Å². The number of fused-ring (bicyclic) bond motifs is 1. The lowest BCUT2D eigenvalue weighted by Gasteiger charge is -2.27. The average molecular weight is 446 g/mol. The van der Waals surface area contributed by atoms with E-state index in [0.29, 0.717) is 16.9 Å². The maximum Gasteiger partial charge on any atom is 0.295 e. The quantitative estimate of drug-likeness (QED) is 0.324. The summed E-state index contributed by atoms with van der Waals surface area (Å²) in [5, 5.41) is 13.2. The van der Waals surface area contributed by atoms with E-state index in [-0.39, 0.29) is 30.6 Å². The minimum Gasteiger partial charge on any atom is -0.507 e. The van der Waals surface area contributed by atoms with Crippen LogP contribution in [0.3, 0.4) is 0 Å². The number of aliphatic hydroxyl groups is 1. The third kappa shape index (κ3) is 4.22.